The van der Waals surface area contributed by atoms with Crippen molar-refractivity contribution < 1.29 is 9.53 Å². The SMILES string of the molecule is C[C@@H]1CC[C@@H]2[C@@H](C1)O[C@@H]1N(C(=O)[C@@H](C)[C@@]13C=CCCC3)C2(C)C. The minimum Gasteiger partial charge on any atom is -0.354 e. The molecule has 0 aromatic rings. The second-order valence-corrected chi connectivity index (χ2v) is 9.04. The van der Waals surface area contributed by atoms with Gasteiger partial charge in [0.1, 0.15) is 6.23 Å². The van der Waals surface area contributed by atoms with Gasteiger partial charge in [-0.15, -0.1) is 0 Å². The molecule has 4 rings (SSSR count). The first-order chi connectivity index (χ1) is 10.9. The molecule has 2 saturated heterocycles. The molecule has 2 heterocycles. The van der Waals surface area contributed by atoms with E-state index in [1.165, 1.54) is 19.3 Å². The Hall–Kier alpha value is -0.830. The van der Waals surface area contributed by atoms with Gasteiger partial charge in [-0.1, -0.05) is 32.4 Å². The van der Waals surface area contributed by atoms with Crippen LogP contribution < -0.4 is 0 Å². The van der Waals surface area contributed by atoms with Crippen molar-refractivity contribution in [2.75, 3.05) is 0 Å². The summed E-state index contributed by atoms with van der Waals surface area (Å²) in [6.45, 7) is 9.04. The van der Waals surface area contributed by atoms with Crippen LogP contribution in [0.25, 0.3) is 0 Å². The summed E-state index contributed by atoms with van der Waals surface area (Å²) in [7, 11) is 0. The Balaban J connectivity index is 1.76. The predicted molar refractivity (Wildman–Crippen MR) is 90.7 cm³/mol. The van der Waals surface area contributed by atoms with Gasteiger partial charge in [0.15, 0.2) is 0 Å². The molecule has 1 spiro atoms. The molecule has 2 aliphatic carbocycles. The Bertz CT molecular complexity index is 540. The molecule has 0 radical (unpaired) electrons. The van der Waals surface area contributed by atoms with Crippen LogP contribution in [-0.2, 0) is 9.53 Å². The number of allylic oxidation sites excluding steroid dienone is 1. The van der Waals surface area contributed by atoms with Crippen molar-refractivity contribution in [1.82, 2.24) is 4.90 Å². The van der Waals surface area contributed by atoms with E-state index < -0.39 is 0 Å². The Kier molecular flexibility index (Phi) is 3.46. The molecule has 3 nitrogen and oxygen atoms in total. The van der Waals surface area contributed by atoms with Crippen molar-refractivity contribution in [3.63, 3.8) is 0 Å². The smallest absolute Gasteiger partial charge is 0.228 e. The lowest BCUT2D eigenvalue weighted by Gasteiger charge is -2.57. The molecule has 0 N–H and O–H groups in total. The van der Waals surface area contributed by atoms with Gasteiger partial charge in [-0.2, -0.15) is 0 Å². The van der Waals surface area contributed by atoms with E-state index in [0.29, 0.717) is 17.9 Å². The number of nitrogens with zero attached hydrogens (tertiary/aromatic N) is 1. The fraction of sp³-hybridized carbons (Fsp3) is 0.850. The van der Waals surface area contributed by atoms with Crippen LogP contribution >= 0.6 is 0 Å². The number of carbonyl (C=O) groups excluding carboxylic acids is 1. The Morgan fingerprint density at radius 1 is 1.26 bits per heavy atom. The number of ether oxygens (including phenoxy) is 1. The van der Waals surface area contributed by atoms with E-state index in [0.717, 1.165) is 25.2 Å². The Labute approximate surface area is 140 Å². The lowest BCUT2D eigenvalue weighted by Crippen LogP contribution is -2.65. The lowest BCUT2D eigenvalue weighted by molar-refractivity contribution is -0.238. The molecule has 1 saturated carbocycles. The minimum absolute atomic E-state index is 0.0425. The summed E-state index contributed by atoms with van der Waals surface area (Å²) in [4.78, 5) is 15.3. The molecule has 128 valence electrons. The number of fused-ring (bicyclic) bond motifs is 3. The molecule has 23 heavy (non-hydrogen) atoms. The van der Waals surface area contributed by atoms with E-state index in [2.05, 4.69) is 44.7 Å². The zero-order chi connectivity index (χ0) is 16.4. The van der Waals surface area contributed by atoms with Gasteiger partial charge in [0, 0.05) is 22.8 Å². The summed E-state index contributed by atoms with van der Waals surface area (Å²) in [6.07, 6.45) is 11.9. The summed E-state index contributed by atoms with van der Waals surface area (Å²) in [5.41, 5.74) is -0.188. The first kappa shape index (κ1) is 15.7. The third kappa shape index (κ3) is 2.01. The quantitative estimate of drug-likeness (QED) is 0.629. The third-order valence-corrected chi connectivity index (χ3v) is 7.40. The highest BCUT2D eigenvalue weighted by atomic mass is 16.5. The van der Waals surface area contributed by atoms with Gasteiger partial charge in [-0.05, 0) is 51.9 Å². The van der Waals surface area contributed by atoms with E-state index in [4.69, 9.17) is 4.74 Å². The van der Waals surface area contributed by atoms with E-state index in [-0.39, 0.29) is 23.1 Å². The predicted octanol–water partition coefficient (Wildman–Crippen LogP) is 4.13. The molecule has 3 fully saturated rings. The summed E-state index contributed by atoms with van der Waals surface area (Å²) >= 11 is 0. The van der Waals surface area contributed by atoms with Gasteiger partial charge in [-0.25, -0.2) is 0 Å². The van der Waals surface area contributed by atoms with E-state index in [1.54, 1.807) is 0 Å². The third-order valence-electron chi connectivity index (χ3n) is 7.40. The molecule has 0 unspecified atom stereocenters. The standard InChI is InChI=1S/C20H31NO2/c1-13-8-9-15-16(12-13)23-18-20(10-6-5-7-11-20)14(2)17(22)21(18)19(15,3)4/h6,10,13-16,18H,5,7-9,11-12H2,1-4H3/t13-,14-,15-,16-,18+,20+/m1/s1. The van der Waals surface area contributed by atoms with Gasteiger partial charge >= 0.3 is 0 Å². The van der Waals surface area contributed by atoms with Crippen LogP contribution in [-0.4, -0.2) is 28.7 Å². The average molecular weight is 317 g/mol. The first-order valence-electron chi connectivity index (χ1n) is 9.54. The summed E-state index contributed by atoms with van der Waals surface area (Å²) in [6, 6.07) is 0. The van der Waals surface area contributed by atoms with Gasteiger partial charge in [0.05, 0.1) is 6.10 Å². The van der Waals surface area contributed by atoms with E-state index >= 15 is 0 Å². The molecule has 0 aromatic heterocycles. The maximum Gasteiger partial charge on any atom is 0.228 e. The maximum atomic E-state index is 13.2. The average Bonchev–Trinajstić information content (AvgIpc) is 2.71. The molecule has 6 atom stereocenters. The van der Waals surface area contributed by atoms with Crippen LogP contribution in [0.4, 0.5) is 0 Å². The van der Waals surface area contributed by atoms with Crippen LogP contribution in [0.15, 0.2) is 12.2 Å². The second-order valence-electron chi connectivity index (χ2n) is 9.04. The number of hydrogen-bond donors (Lipinski definition) is 0. The molecule has 0 aromatic carbocycles. The zero-order valence-corrected chi connectivity index (χ0v) is 15.0. The number of hydrogen-bond acceptors (Lipinski definition) is 2. The maximum absolute atomic E-state index is 13.2. The first-order valence-corrected chi connectivity index (χ1v) is 9.54. The Morgan fingerprint density at radius 2 is 2.04 bits per heavy atom. The monoisotopic (exact) mass is 317 g/mol. The number of rotatable bonds is 0. The van der Waals surface area contributed by atoms with Crippen molar-refractivity contribution in [2.24, 2.45) is 23.2 Å². The van der Waals surface area contributed by atoms with E-state index in [1.807, 2.05) is 0 Å². The molecule has 4 aliphatic rings. The molecule has 0 bridgehead atoms. The topological polar surface area (TPSA) is 29.5 Å². The Morgan fingerprint density at radius 3 is 2.74 bits per heavy atom. The largest absolute Gasteiger partial charge is 0.354 e. The van der Waals surface area contributed by atoms with Crippen molar-refractivity contribution in [3.05, 3.63) is 12.2 Å². The summed E-state index contributed by atoms with van der Waals surface area (Å²) < 4.78 is 6.71. The minimum atomic E-state index is -0.0989. The lowest BCUT2D eigenvalue weighted by atomic mass is 9.68. The fourth-order valence-electron chi connectivity index (χ4n) is 5.89. The molecular weight excluding hydrogens is 286 g/mol. The van der Waals surface area contributed by atoms with Gasteiger partial charge < -0.3 is 9.64 Å². The van der Waals surface area contributed by atoms with Gasteiger partial charge in [0.2, 0.25) is 5.91 Å². The van der Waals surface area contributed by atoms with Gasteiger partial charge in [0.25, 0.3) is 0 Å². The summed E-state index contributed by atoms with van der Waals surface area (Å²) in [5, 5.41) is 0. The van der Waals surface area contributed by atoms with Crippen LogP contribution in [0.5, 0.6) is 0 Å². The van der Waals surface area contributed by atoms with Crippen molar-refractivity contribution in [1.29, 1.82) is 0 Å². The van der Waals surface area contributed by atoms with E-state index in [9.17, 15) is 4.79 Å². The fourth-order valence-corrected chi connectivity index (χ4v) is 5.89. The van der Waals surface area contributed by atoms with Crippen LogP contribution in [0.2, 0.25) is 0 Å². The van der Waals surface area contributed by atoms with Crippen LogP contribution in [0.1, 0.15) is 66.2 Å². The van der Waals surface area contributed by atoms with Gasteiger partial charge in [-0.3, -0.25) is 4.79 Å². The number of carbonyl (C=O) groups is 1. The van der Waals surface area contributed by atoms with Crippen molar-refractivity contribution in [3.8, 4) is 0 Å². The normalized spacial score (nSPS) is 48.4. The number of amides is 1. The highest BCUT2D eigenvalue weighted by Crippen LogP contribution is 2.57. The van der Waals surface area contributed by atoms with Crippen molar-refractivity contribution in [2.45, 2.75) is 84.1 Å². The highest BCUT2D eigenvalue weighted by molar-refractivity contribution is 5.84. The van der Waals surface area contributed by atoms with Crippen LogP contribution in [0, 0.1) is 23.2 Å². The van der Waals surface area contributed by atoms with Crippen molar-refractivity contribution >= 4 is 5.91 Å². The van der Waals surface area contributed by atoms with Crippen LogP contribution in [0.3, 0.4) is 0 Å². The molecular formula is C20H31NO2. The summed E-state index contributed by atoms with van der Waals surface area (Å²) in [5.74, 6) is 1.57. The zero-order valence-electron chi connectivity index (χ0n) is 15.0. The molecule has 1 amide bonds. The highest BCUT2D eigenvalue weighted by Gasteiger charge is 2.65. The second kappa shape index (κ2) is 5.08. The molecule has 3 heteroatoms. The molecule has 2 aliphatic heterocycles.